The Balaban J connectivity index is 1.81. The monoisotopic (exact) mass is 277 g/mol. The van der Waals surface area contributed by atoms with Crippen LogP contribution in [-0.4, -0.2) is 40.7 Å². The average Bonchev–Trinajstić information content (AvgIpc) is 2.92. The molecule has 6 heteroatoms. The molecule has 0 aromatic carbocycles. The molecule has 108 valence electrons. The minimum absolute atomic E-state index is 0.0541. The van der Waals surface area contributed by atoms with Crippen molar-refractivity contribution in [3.05, 3.63) is 24.0 Å². The van der Waals surface area contributed by atoms with Gasteiger partial charge < -0.3 is 15.2 Å². The van der Waals surface area contributed by atoms with Crippen molar-refractivity contribution in [2.45, 2.75) is 25.8 Å². The summed E-state index contributed by atoms with van der Waals surface area (Å²) in [5, 5.41) is 0. The van der Waals surface area contributed by atoms with Crippen LogP contribution in [0.3, 0.4) is 0 Å². The van der Waals surface area contributed by atoms with Crippen molar-refractivity contribution in [1.82, 2.24) is 9.47 Å². The Labute approximate surface area is 117 Å². The minimum Gasteiger partial charge on any atom is -0.369 e. The summed E-state index contributed by atoms with van der Waals surface area (Å²) in [5.74, 6) is -0.330. The maximum atomic E-state index is 12.1. The molecule has 1 aromatic rings. The van der Waals surface area contributed by atoms with Gasteiger partial charge in [-0.05, 0) is 25.0 Å². The highest BCUT2D eigenvalue weighted by Crippen LogP contribution is 2.17. The van der Waals surface area contributed by atoms with Crippen LogP contribution in [0.25, 0.3) is 0 Å². The molecule has 1 fully saturated rings. The maximum absolute atomic E-state index is 12.1. The van der Waals surface area contributed by atoms with Gasteiger partial charge in [0.1, 0.15) is 0 Å². The molecule has 0 radical (unpaired) electrons. The molecule has 1 aliphatic rings. The third-order valence-electron chi connectivity index (χ3n) is 3.80. The number of nitrogens with two attached hydrogens (primary N) is 1. The van der Waals surface area contributed by atoms with Gasteiger partial charge in [0, 0.05) is 38.2 Å². The second kappa shape index (κ2) is 6.36. The van der Waals surface area contributed by atoms with Gasteiger partial charge in [-0.2, -0.15) is 0 Å². The first-order valence-corrected chi connectivity index (χ1v) is 6.79. The van der Waals surface area contributed by atoms with Crippen LogP contribution in [0, 0.1) is 5.92 Å². The summed E-state index contributed by atoms with van der Waals surface area (Å²) in [6.45, 7) is 1.66. The second-order valence-electron chi connectivity index (χ2n) is 5.05. The number of hydrogen-bond acceptors (Lipinski definition) is 3. The summed E-state index contributed by atoms with van der Waals surface area (Å²) in [5.41, 5.74) is 5.84. The number of aldehydes is 1. The van der Waals surface area contributed by atoms with Gasteiger partial charge in [-0.25, -0.2) is 0 Å². The van der Waals surface area contributed by atoms with Crippen molar-refractivity contribution < 1.29 is 14.4 Å². The smallest absolute Gasteiger partial charge is 0.224 e. The zero-order chi connectivity index (χ0) is 14.5. The van der Waals surface area contributed by atoms with Crippen LogP contribution < -0.4 is 5.73 Å². The average molecular weight is 277 g/mol. The molecule has 0 atom stereocenters. The summed E-state index contributed by atoms with van der Waals surface area (Å²) in [6, 6.07) is 3.50. The second-order valence-corrected chi connectivity index (χ2v) is 5.05. The molecule has 2 rings (SSSR count). The Morgan fingerprint density at radius 2 is 2.05 bits per heavy atom. The number of primary amides is 1. The third-order valence-corrected chi connectivity index (χ3v) is 3.80. The fraction of sp³-hybridized carbons (Fsp3) is 0.500. The predicted molar refractivity (Wildman–Crippen MR) is 72.9 cm³/mol. The lowest BCUT2D eigenvalue weighted by Crippen LogP contribution is -2.41. The van der Waals surface area contributed by atoms with Crippen LogP contribution >= 0.6 is 0 Å². The van der Waals surface area contributed by atoms with Crippen LogP contribution in [-0.2, 0) is 16.1 Å². The highest BCUT2D eigenvalue weighted by molar-refractivity contribution is 5.79. The van der Waals surface area contributed by atoms with Crippen molar-refractivity contribution in [2.75, 3.05) is 13.1 Å². The van der Waals surface area contributed by atoms with E-state index in [9.17, 15) is 14.4 Å². The normalized spacial score (nSPS) is 16.1. The molecule has 0 unspecified atom stereocenters. The van der Waals surface area contributed by atoms with Gasteiger partial charge >= 0.3 is 0 Å². The maximum Gasteiger partial charge on any atom is 0.224 e. The van der Waals surface area contributed by atoms with Gasteiger partial charge in [-0.1, -0.05) is 0 Å². The number of amides is 2. The third kappa shape index (κ3) is 3.26. The molecule has 1 saturated heterocycles. The van der Waals surface area contributed by atoms with E-state index < -0.39 is 0 Å². The molecule has 0 bridgehead atoms. The molecule has 2 amide bonds. The highest BCUT2D eigenvalue weighted by Gasteiger charge is 2.25. The van der Waals surface area contributed by atoms with Gasteiger partial charge in [0.05, 0.1) is 5.69 Å². The number of likely N-dealkylation sites (tertiary alicyclic amines) is 1. The predicted octanol–water partition coefficient (Wildman–Crippen LogP) is 0.415. The van der Waals surface area contributed by atoms with Gasteiger partial charge in [0.25, 0.3) is 0 Å². The zero-order valence-electron chi connectivity index (χ0n) is 11.3. The number of rotatable bonds is 5. The Bertz CT molecular complexity index is 502. The number of carbonyl (C=O) groups excluding carboxylic acids is 3. The minimum atomic E-state index is -0.278. The van der Waals surface area contributed by atoms with Crippen LogP contribution in [0.5, 0.6) is 0 Å². The van der Waals surface area contributed by atoms with Gasteiger partial charge in [0.2, 0.25) is 11.8 Å². The molecule has 1 aliphatic heterocycles. The fourth-order valence-corrected chi connectivity index (χ4v) is 2.53. The fourth-order valence-electron chi connectivity index (χ4n) is 2.53. The molecule has 0 spiro atoms. The number of aryl methyl sites for hydroxylation is 1. The highest BCUT2D eigenvalue weighted by atomic mass is 16.2. The molecule has 2 N–H and O–H groups in total. The summed E-state index contributed by atoms with van der Waals surface area (Å²) in [6.07, 6.45) is 4.21. The van der Waals surface area contributed by atoms with Crippen LogP contribution in [0.2, 0.25) is 0 Å². The lowest BCUT2D eigenvalue weighted by molar-refractivity contribution is -0.135. The van der Waals surface area contributed by atoms with Crippen molar-refractivity contribution in [3.8, 4) is 0 Å². The topological polar surface area (TPSA) is 85.4 Å². The lowest BCUT2D eigenvalue weighted by Gasteiger charge is -2.30. The molecule has 2 heterocycles. The Morgan fingerprint density at radius 3 is 2.65 bits per heavy atom. The van der Waals surface area contributed by atoms with Crippen LogP contribution in [0.4, 0.5) is 0 Å². The van der Waals surface area contributed by atoms with Crippen LogP contribution in [0.1, 0.15) is 29.8 Å². The van der Waals surface area contributed by atoms with E-state index in [1.54, 1.807) is 27.8 Å². The van der Waals surface area contributed by atoms with E-state index in [0.717, 1.165) is 6.29 Å². The molecule has 0 aliphatic carbocycles. The van der Waals surface area contributed by atoms with Crippen molar-refractivity contribution in [2.24, 2.45) is 11.7 Å². The van der Waals surface area contributed by atoms with E-state index in [1.807, 2.05) is 0 Å². The molecular formula is C14H19N3O3. The first-order valence-electron chi connectivity index (χ1n) is 6.79. The largest absolute Gasteiger partial charge is 0.369 e. The van der Waals surface area contributed by atoms with Crippen LogP contribution in [0.15, 0.2) is 18.3 Å². The Hall–Kier alpha value is -2.11. The SMILES string of the molecule is NC(=O)C1CCN(C(=O)CCn2cccc2C=O)CC1. The van der Waals surface area contributed by atoms with Gasteiger partial charge in [-0.3, -0.25) is 14.4 Å². The lowest BCUT2D eigenvalue weighted by atomic mass is 9.96. The number of carbonyl (C=O) groups is 3. The summed E-state index contributed by atoms with van der Waals surface area (Å²) < 4.78 is 1.76. The Kier molecular flexibility index (Phi) is 4.55. The van der Waals surface area contributed by atoms with E-state index in [4.69, 9.17) is 5.73 Å². The number of hydrogen-bond donors (Lipinski definition) is 1. The molecule has 1 aromatic heterocycles. The van der Waals surface area contributed by atoms with E-state index in [0.29, 0.717) is 44.6 Å². The molecular weight excluding hydrogens is 258 g/mol. The zero-order valence-corrected chi connectivity index (χ0v) is 11.3. The molecule has 20 heavy (non-hydrogen) atoms. The van der Waals surface area contributed by atoms with Crippen molar-refractivity contribution in [3.63, 3.8) is 0 Å². The van der Waals surface area contributed by atoms with E-state index >= 15 is 0 Å². The molecule has 0 saturated carbocycles. The summed E-state index contributed by atoms with van der Waals surface area (Å²) in [7, 11) is 0. The number of nitrogens with zero attached hydrogens (tertiary/aromatic N) is 2. The van der Waals surface area contributed by atoms with E-state index in [-0.39, 0.29) is 17.7 Å². The first-order chi connectivity index (χ1) is 9.61. The summed E-state index contributed by atoms with van der Waals surface area (Å²) >= 11 is 0. The summed E-state index contributed by atoms with van der Waals surface area (Å²) in [4.78, 5) is 35.7. The first kappa shape index (κ1) is 14.3. The van der Waals surface area contributed by atoms with Crippen molar-refractivity contribution in [1.29, 1.82) is 0 Å². The molecule has 6 nitrogen and oxygen atoms in total. The van der Waals surface area contributed by atoms with Crippen molar-refractivity contribution >= 4 is 18.1 Å². The number of piperidine rings is 1. The van der Waals surface area contributed by atoms with E-state index in [2.05, 4.69) is 0 Å². The number of aromatic nitrogens is 1. The van der Waals surface area contributed by atoms with Gasteiger partial charge in [-0.15, -0.1) is 0 Å². The standard InChI is InChI=1S/C14H19N3O3/c15-14(20)11-3-7-17(8-4-11)13(19)5-9-16-6-1-2-12(16)10-18/h1-2,6,10-11H,3-5,7-9H2,(H2,15,20). The van der Waals surface area contributed by atoms with Gasteiger partial charge in [0.15, 0.2) is 6.29 Å². The van der Waals surface area contributed by atoms with E-state index in [1.165, 1.54) is 0 Å². The quantitative estimate of drug-likeness (QED) is 0.791. The Morgan fingerprint density at radius 1 is 1.35 bits per heavy atom.